The number of amides is 1. The Labute approximate surface area is 344 Å². The van der Waals surface area contributed by atoms with Gasteiger partial charge in [0.15, 0.2) is 23.6 Å². The van der Waals surface area contributed by atoms with E-state index in [1.165, 1.54) is 26.0 Å². The molecule has 326 valence electrons. The molecule has 1 saturated heterocycles. The molecule has 1 aliphatic heterocycles. The van der Waals surface area contributed by atoms with Crippen molar-refractivity contribution in [3.63, 3.8) is 0 Å². The maximum absolute atomic E-state index is 15.4. The van der Waals surface area contributed by atoms with Crippen LogP contribution in [-0.2, 0) is 47.6 Å². The molecule has 0 radical (unpaired) electrons. The maximum atomic E-state index is 15.4. The summed E-state index contributed by atoms with van der Waals surface area (Å²) in [6.45, 7) is 16.6. The van der Waals surface area contributed by atoms with Gasteiger partial charge >= 0.3 is 30.0 Å². The fourth-order valence-corrected chi connectivity index (χ4v) is 9.63. The van der Waals surface area contributed by atoms with Crippen LogP contribution in [0.1, 0.15) is 106 Å². The highest BCUT2D eigenvalue weighted by Crippen LogP contribution is 2.64. The van der Waals surface area contributed by atoms with E-state index in [2.05, 4.69) is 5.32 Å². The number of carbonyl (C=O) groups is 6. The monoisotopic (exact) mass is 829 g/mol. The molecule has 16 heteroatoms. The number of nitrogens with one attached hydrogen (secondary N) is 1. The van der Waals surface area contributed by atoms with E-state index in [9.17, 15) is 39.3 Å². The van der Waals surface area contributed by atoms with Gasteiger partial charge in [-0.05, 0) is 70.2 Å². The molecule has 2 bridgehead atoms. The summed E-state index contributed by atoms with van der Waals surface area (Å²) in [4.78, 5) is 82.3. The van der Waals surface area contributed by atoms with E-state index in [0.717, 1.165) is 13.8 Å². The third-order valence-electron chi connectivity index (χ3n) is 12.5. The van der Waals surface area contributed by atoms with Crippen LogP contribution in [-0.4, -0.2) is 117 Å². The third kappa shape index (κ3) is 8.25. The molecule has 2 saturated carbocycles. The highest BCUT2D eigenvalue weighted by atomic mass is 16.6. The molecular formula is C43H59NO15. The van der Waals surface area contributed by atoms with Crippen LogP contribution < -0.4 is 5.32 Å². The Morgan fingerprint density at radius 3 is 2.14 bits per heavy atom. The number of ketones is 1. The van der Waals surface area contributed by atoms with Crippen molar-refractivity contribution in [2.24, 2.45) is 22.7 Å². The van der Waals surface area contributed by atoms with Gasteiger partial charge in [0.05, 0.1) is 35.6 Å². The summed E-state index contributed by atoms with van der Waals surface area (Å²) in [6.07, 6.45) is -11.1. The van der Waals surface area contributed by atoms with Crippen molar-refractivity contribution in [1.29, 1.82) is 0 Å². The van der Waals surface area contributed by atoms with Crippen molar-refractivity contribution in [2.75, 3.05) is 6.61 Å². The zero-order chi connectivity index (χ0) is 44.2. The highest BCUT2D eigenvalue weighted by Gasteiger charge is 2.78. The van der Waals surface area contributed by atoms with Gasteiger partial charge in [0.25, 0.3) is 0 Å². The smallest absolute Gasteiger partial charge is 0.407 e. The van der Waals surface area contributed by atoms with Gasteiger partial charge in [-0.25, -0.2) is 14.4 Å². The van der Waals surface area contributed by atoms with Gasteiger partial charge in [-0.3, -0.25) is 14.4 Å². The van der Waals surface area contributed by atoms with Crippen LogP contribution in [0, 0.1) is 22.7 Å². The van der Waals surface area contributed by atoms with Crippen molar-refractivity contribution in [3.8, 4) is 0 Å². The molecule has 59 heavy (non-hydrogen) atoms. The zero-order valence-electron chi connectivity index (χ0n) is 35.7. The van der Waals surface area contributed by atoms with E-state index in [1.807, 2.05) is 13.8 Å². The Balaban J connectivity index is 1.72. The number of fused-ring (bicyclic) bond motifs is 5. The number of hydrogen-bond donors (Lipinski definition) is 4. The van der Waals surface area contributed by atoms with Crippen LogP contribution in [0.3, 0.4) is 0 Å². The molecule has 1 amide bonds. The highest BCUT2D eigenvalue weighted by molar-refractivity contribution is 5.95. The normalized spacial score (nSPS) is 33.4. The van der Waals surface area contributed by atoms with Crippen LogP contribution in [0.2, 0.25) is 0 Å². The Hall–Kier alpha value is -4.38. The largest absolute Gasteiger partial charge is 0.456 e. The molecule has 11 atom stereocenters. The molecule has 16 nitrogen and oxygen atoms in total. The van der Waals surface area contributed by atoms with Gasteiger partial charge in [0, 0.05) is 32.1 Å². The van der Waals surface area contributed by atoms with Gasteiger partial charge in [0.2, 0.25) is 0 Å². The SMILES string of the molecule is CC(=O)O[C@H]1C(=O)[C@@]2(C)[C@H]([C@H](OC(=O)c3ccccc3)[C@]3(O)C[C@H](OC(=O)[C@H](O)[C@H](CC(C)C)NC(=O)OC(C)(C)C)C(C)=C1C3(C)C)[C@]1(OC(C)=O)CO[C@@H]1C[C@@H]2O. The second kappa shape index (κ2) is 16.2. The molecule has 1 aromatic rings. The van der Waals surface area contributed by atoms with Crippen LogP contribution in [0.5, 0.6) is 0 Å². The van der Waals surface area contributed by atoms with Crippen molar-refractivity contribution in [2.45, 2.75) is 155 Å². The number of carbonyl (C=O) groups excluding carboxylic acids is 6. The lowest BCUT2D eigenvalue weighted by atomic mass is 9.44. The minimum absolute atomic E-state index is 0.00510. The molecule has 1 heterocycles. The van der Waals surface area contributed by atoms with Crippen molar-refractivity contribution < 1.29 is 72.5 Å². The predicted molar refractivity (Wildman–Crippen MR) is 207 cm³/mol. The van der Waals surface area contributed by atoms with Gasteiger partial charge in [-0.2, -0.15) is 0 Å². The summed E-state index contributed by atoms with van der Waals surface area (Å²) in [7, 11) is 0. The number of aliphatic hydroxyl groups is 3. The number of rotatable bonds is 10. The Kier molecular flexibility index (Phi) is 12.6. The van der Waals surface area contributed by atoms with Crippen LogP contribution in [0.25, 0.3) is 0 Å². The molecule has 0 unspecified atom stereocenters. The number of esters is 4. The van der Waals surface area contributed by atoms with Crippen molar-refractivity contribution in [3.05, 3.63) is 47.0 Å². The average Bonchev–Trinajstić information content (AvgIpc) is 3.11. The van der Waals surface area contributed by atoms with Gasteiger partial charge < -0.3 is 49.1 Å². The summed E-state index contributed by atoms with van der Waals surface area (Å²) in [5.74, 6) is -6.31. The number of Topliss-reactive ketones (excluding diaryl/α,β-unsaturated/α-hetero) is 1. The van der Waals surface area contributed by atoms with E-state index in [-0.39, 0.29) is 42.1 Å². The molecule has 5 rings (SSSR count). The Morgan fingerprint density at radius 1 is 0.983 bits per heavy atom. The summed E-state index contributed by atoms with van der Waals surface area (Å²) >= 11 is 0. The Bertz CT molecular complexity index is 1870. The third-order valence-corrected chi connectivity index (χ3v) is 12.5. The standard InChI is InChI=1S/C43H59NO15/c1-21(2)17-26(44-38(52)59-39(6,7)8)31(48)37(51)56-27-19-43(53)35(57-36(50)25-15-13-12-14-16-25)33-41(11,28(47)18-29-42(33,20-54-29)58-24(5)46)34(49)32(55-23(4)45)30(22(27)3)40(43,9)10/h12-16,21,26-29,31-33,35,47-48,53H,17-20H2,1-11H3,(H,44,52)/t26-,27-,28-,29+,31+,32+,33-,35-,41+,42-,43+/m0/s1. The quantitative estimate of drug-likeness (QED) is 0.150. The number of aliphatic hydroxyl groups excluding tert-OH is 2. The second-order valence-corrected chi connectivity index (χ2v) is 18.5. The molecular weight excluding hydrogens is 770 g/mol. The number of hydrogen-bond acceptors (Lipinski definition) is 15. The first-order valence-corrected chi connectivity index (χ1v) is 20.0. The molecule has 0 aromatic heterocycles. The van der Waals surface area contributed by atoms with E-state index in [1.54, 1.807) is 52.8 Å². The minimum Gasteiger partial charge on any atom is -0.456 e. The fraction of sp³-hybridized carbons (Fsp3) is 0.674. The van der Waals surface area contributed by atoms with Gasteiger partial charge in [0.1, 0.15) is 29.5 Å². The lowest BCUT2D eigenvalue weighted by Crippen LogP contribution is -2.82. The Morgan fingerprint density at radius 2 is 1.61 bits per heavy atom. The summed E-state index contributed by atoms with van der Waals surface area (Å²) in [6, 6.07) is 6.66. The maximum Gasteiger partial charge on any atom is 0.407 e. The van der Waals surface area contributed by atoms with Crippen molar-refractivity contribution in [1.82, 2.24) is 5.32 Å². The lowest BCUT2D eigenvalue weighted by Gasteiger charge is -2.67. The zero-order valence-corrected chi connectivity index (χ0v) is 35.7. The van der Waals surface area contributed by atoms with Crippen LogP contribution in [0.4, 0.5) is 4.79 Å². The summed E-state index contributed by atoms with van der Waals surface area (Å²) < 4.78 is 35.5. The summed E-state index contributed by atoms with van der Waals surface area (Å²) in [5, 5.41) is 39.6. The fourth-order valence-electron chi connectivity index (χ4n) is 9.63. The lowest BCUT2D eigenvalue weighted by molar-refractivity contribution is -0.346. The molecule has 0 spiro atoms. The van der Waals surface area contributed by atoms with E-state index in [4.69, 9.17) is 28.4 Å². The van der Waals surface area contributed by atoms with Gasteiger partial charge in [-0.15, -0.1) is 0 Å². The van der Waals surface area contributed by atoms with Crippen molar-refractivity contribution >= 4 is 35.8 Å². The topological polar surface area (TPSA) is 231 Å². The average molecular weight is 830 g/mol. The van der Waals surface area contributed by atoms with E-state index in [0.29, 0.717) is 0 Å². The number of alkyl carbamates (subject to hydrolysis) is 1. The molecule has 1 aromatic carbocycles. The molecule has 4 aliphatic rings. The first-order chi connectivity index (χ1) is 27.2. The van der Waals surface area contributed by atoms with E-state index >= 15 is 4.79 Å². The predicted octanol–water partition coefficient (Wildman–Crippen LogP) is 3.50. The van der Waals surface area contributed by atoms with Gasteiger partial charge in [-0.1, -0.05) is 45.9 Å². The van der Waals surface area contributed by atoms with Crippen LogP contribution in [0.15, 0.2) is 41.5 Å². The molecule has 4 N–H and O–H groups in total. The number of ether oxygens (including phenoxy) is 6. The first-order valence-electron chi connectivity index (χ1n) is 20.0. The second-order valence-electron chi connectivity index (χ2n) is 18.5. The summed E-state index contributed by atoms with van der Waals surface area (Å²) in [5.41, 5.74) is -8.45. The van der Waals surface area contributed by atoms with Crippen LogP contribution >= 0.6 is 0 Å². The minimum atomic E-state index is -2.37. The molecule has 3 fully saturated rings. The first kappa shape index (κ1) is 45.7. The number of benzene rings is 1. The molecule has 3 aliphatic carbocycles. The van der Waals surface area contributed by atoms with E-state index < -0.39 is 118 Å².